The van der Waals surface area contributed by atoms with Gasteiger partial charge in [0.25, 0.3) is 0 Å². The van der Waals surface area contributed by atoms with Crippen LogP contribution in [-0.2, 0) is 4.79 Å². The van der Waals surface area contributed by atoms with E-state index in [1.165, 1.54) is 19.3 Å². The highest BCUT2D eigenvalue weighted by Crippen LogP contribution is 2.29. The first-order chi connectivity index (χ1) is 17.5. The lowest BCUT2D eigenvalue weighted by molar-refractivity contribution is -0.142. The largest absolute Gasteiger partial charge is 0.494 e. The van der Waals surface area contributed by atoms with Gasteiger partial charge in [0.05, 0.1) is 12.7 Å². The van der Waals surface area contributed by atoms with Crippen molar-refractivity contribution in [2.45, 2.75) is 65.7 Å². The summed E-state index contributed by atoms with van der Waals surface area (Å²) in [5, 5.41) is 9.47. The predicted octanol–water partition coefficient (Wildman–Crippen LogP) is 8.61. The minimum atomic E-state index is -1.12. The lowest BCUT2D eigenvalue weighted by atomic mass is 9.87. The van der Waals surface area contributed by atoms with Crippen molar-refractivity contribution in [1.82, 2.24) is 0 Å². The minimum Gasteiger partial charge on any atom is -0.494 e. The zero-order chi connectivity index (χ0) is 25.8. The number of nitrogens with zero attached hydrogens (tertiary/aromatic N) is 1. The van der Waals surface area contributed by atoms with E-state index in [1.807, 2.05) is 31.2 Å². The molecule has 0 radical (unpaired) electrons. The molecule has 188 valence electrons. The molecular formula is C32H37NO3. The fraction of sp³-hybridized carbons (Fsp3) is 0.375. The molecule has 36 heavy (non-hydrogen) atoms. The Morgan fingerprint density at radius 1 is 0.722 bits per heavy atom. The first-order valence-electron chi connectivity index (χ1n) is 13.1. The van der Waals surface area contributed by atoms with Crippen LogP contribution in [0.3, 0.4) is 0 Å². The summed E-state index contributed by atoms with van der Waals surface area (Å²) in [4.78, 5) is 12.6. The van der Waals surface area contributed by atoms with Gasteiger partial charge in [0, 0.05) is 0 Å². The molecule has 1 atom stereocenters. The molecular weight excluding hydrogens is 446 g/mol. The number of hydrogen-bond acceptors (Lipinski definition) is 4. The second kappa shape index (κ2) is 13.5. The molecule has 4 nitrogen and oxygen atoms in total. The molecule has 0 bridgehead atoms. The van der Waals surface area contributed by atoms with Crippen LogP contribution in [0.4, 0.5) is 0 Å². The zero-order valence-corrected chi connectivity index (χ0v) is 21.8. The third kappa shape index (κ3) is 7.46. The summed E-state index contributed by atoms with van der Waals surface area (Å²) in [6.07, 6.45) is 7.04. The van der Waals surface area contributed by atoms with Gasteiger partial charge in [0.1, 0.15) is 11.5 Å². The standard InChI is InChI=1S/C32H37NO3/c1-4-6-8-9-23-35-29-18-14-27(15-19-29)25-10-12-26(13-11-25)28-16-20-30(21-17-28)36-31(34)32(3,24-33)22-7-5-2/h10-21H,4-9,22-23H2,1-3H3. The fourth-order valence-electron chi connectivity index (χ4n) is 3.99. The number of benzene rings is 3. The van der Waals surface area contributed by atoms with Crippen molar-refractivity contribution >= 4 is 5.97 Å². The van der Waals surface area contributed by atoms with Crippen LogP contribution in [0.2, 0.25) is 0 Å². The highest BCUT2D eigenvalue weighted by Gasteiger charge is 2.34. The molecule has 0 amide bonds. The number of carbonyl (C=O) groups is 1. The van der Waals surface area contributed by atoms with Gasteiger partial charge in [-0.1, -0.05) is 94.5 Å². The molecule has 3 aromatic carbocycles. The Bertz CT molecular complexity index is 1130. The first-order valence-corrected chi connectivity index (χ1v) is 13.1. The van der Waals surface area contributed by atoms with Crippen LogP contribution in [-0.4, -0.2) is 12.6 Å². The van der Waals surface area contributed by atoms with Gasteiger partial charge in [0.15, 0.2) is 5.41 Å². The third-order valence-electron chi connectivity index (χ3n) is 6.46. The third-order valence-corrected chi connectivity index (χ3v) is 6.46. The normalized spacial score (nSPS) is 12.4. The topological polar surface area (TPSA) is 59.3 Å². The summed E-state index contributed by atoms with van der Waals surface area (Å²) in [5.41, 5.74) is 3.27. The molecule has 0 N–H and O–H groups in total. The summed E-state index contributed by atoms with van der Waals surface area (Å²) in [6, 6.07) is 26.2. The van der Waals surface area contributed by atoms with Gasteiger partial charge in [-0.2, -0.15) is 5.26 Å². The fourth-order valence-corrected chi connectivity index (χ4v) is 3.99. The number of ether oxygens (including phenoxy) is 2. The van der Waals surface area contributed by atoms with Crippen molar-refractivity contribution in [2.24, 2.45) is 5.41 Å². The van der Waals surface area contributed by atoms with E-state index in [4.69, 9.17) is 9.47 Å². The second-order valence-electron chi connectivity index (χ2n) is 9.47. The maximum Gasteiger partial charge on any atom is 0.331 e. The predicted molar refractivity (Wildman–Crippen MR) is 146 cm³/mol. The van der Waals surface area contributed by atoms with Crippen molar-refractivity contribution in [3.63, 3.8) is 0 Å². The quantitative estimate of drug-likeness (QED) is 0.139. The minimum absolute atomic E-state index is 0.450. The van der Waals surface area contributed by atoms with E-state index in [0.29, 0.717) is 12.2 Å². The van der Waals surface area contributed by atoms with E-state index in [2.05, 4.69) is 49.4 Å². The SMILES string of the molecule is CCCCCCOc1ccc(-c2ccc(-c3ccc(OC(=O)C(C)(C#N)CCCC)cc3)cc2)cc1. The highest BCUT2D eigenvalue weighted by molar-refractivity contribution is 5.82. The van der Waals surface area contributed by atoms with Crippen LogP contribution in [0.15, 0.2) is 72.8 Å². The van der Waals surface area contributed by atoms with Crippen LogP contribution >= 0.6 is 0 Å². The summed E-state index contributed by atoms with van der Waals surface area (Å²) in [5.74, 6) is 0.864. The zero-order valence-electron chi connectivity index (χ0n) is 21.8. The first kappa shape index (κ1) is 27.0. The van der Waals surface area contributed by atoms with E-state index in [9.17, 15) is 10.1 Å². The molecule has 0 aliphatic carbocycles. The average Bonchev–Trinajstić information content (AvgIpc) is 2.92. The van der Waals surface area contributed by atoms with Crippen molar-refractivity contribution in [2.75, 3.05) is 6.61 Å². The molecule has 0 aromatic heterocycles. The van der Waals surface area contributed by atoms with Crippen LogP contribution in [0.1, 0.15) is 65.7 Å². The average molecular weight is 484 g/mol. The van der Waals surface area contributed by atoms with E-state index in [1.54, 1.807) is 19.1 Å². The number of nitriles is 1. The molecule has 0 saturated heterocycles. The van der Waals surface area contributed by atoms with E-state index in [-0.39, 0.29) is 0 Å². The Labute approximate surface area is 215 Å². The number of carbonyl (C=O) groups excluding carboxylic acids is 1. The lowest BCUT2D eigenvalue weighted by Gasteiger charge is -2.19. The smallest absolute Gasteiger partial charge is 0.331 e. The molecule has 0 aliphatic heterocycles. The van der Waals surface area contributed by atoms with E-state index < -0.39 is 11.4 Å². The number of esters is 1. The Morgan fingerprint density at radius 3 is 1.67 bits per heavy atom. The Morgan fingerprint density at radius 2 is 1.19 bits per heavy atom. The molecule has 0 heterocycles. The van der Waals surface area contributed by atoms with Gasteiger partial charge in [-0.05, 0) is 66.3 Å². The maximum atomic E-state index is 12.6. The van der Waals surface area contributed by atoms with Gasteiger partial charge >= 0.3 is 5.97 Å². The number of unbranched alkanes of at least 4 members (excludes halogenated alkanes) is 4. The van der Waals surface area contributed by atoms with Crippen LogP contribution < -0.4 is 9.47 Å². The Balaban J connectivity index is 1.59. The van der Waals surface area contributed by atoms with Crippen molar-refractivity contribution in [1.29, 1.82) is 5.26 Å². The monoisotopic (exact) mass is 483 g/mol. The summed E-state index contributed by atoms with van der Waals surface area (Å²) in [6.45, 7) is 6.67. The van der Waals surface area contributed by atoms with Gasteiger partial charge in [-0.15, -0.1) is 0 Å². The molecule has 0 aliphatic rings. The van der Waals surface area contributed by atoms with Gasteiger partial charge in [0.2, 0.25) is 0 Å². The van der Waals surface area contributed by atoms with Crippen molar-refractivity contribution in [3.05, 3.63) is 72.8 Å². The van der Waals surface area contributed by atoms with Crippen LogP contribution in [0.5, 0.6) is 11.5 Å². The van der Waals surface area contributed by atoms with Crippen LogP contribution in [0, 0.1) is 16.7 Å². The molecule has 4 heteroatoms. The highest BCUT2D eigenvalue weighted by atomic mass is 16.5. The van der Waals surface area contributed by atoms with Crippen molar-refractivity contribution < 1.29 is 14.3 Å². The lowest BCUT2D eigenvalue weighted by Crippen LogP contribution is -2.30. The van der Waals surface area contributed by atoms with Gasteiger partial charge in [-0.3, -0.25) is 0 Å². The molecule has 0 saturated carbocycles. The van der Waals surface area contributed by atoms with Crippen LogP contribution in [0.25, 0.3) is 22.3 Å². The van der Waals surface area contributed by atoms with Gasteiger partial charge in [-0.25, -0.2) is 4.79 Å². The van der Waals surface area contributed by atoms with E-state index in [0.717, 1.165) is 53.9 Å². The second-order valence-corrected chi connectivity index (χ2v) is 9.47. The summed E-state index contributed by atoms with van der Waals surface area (Å²) in [7, 11) is 0. The molecule has 0 fully saturated rings. The van der Waals surface area contributed by atoms with Gasteiger partial charge < -0.3 is 9.47 Å². The molecule has 3 aromatic rings. The number of hydrogen-bond donors (Lipinski definition) is 0. The molecule has 3 rings (SSSR count). The molecule has 0 spiro atoms. The molecule has 1 unspecified atom stereocenters. The van der Waals surface area contributed by atoms with E-state index >= 15 is 0 Å². The summed E-state index contributed by atoms with van der Waals surface area (Å²) < 4.78 is 11.4. The maximum absolute atomic E-state index is 12.6. The summed E-state index contributed by atoms with van der Waals surface area (Å²) >= 11 is 0. The Kier molecular flexibility index (Phi) is 10.1. The van der Waals surface area contributed by atoms with Crippen molar-refractivity contribution in [3.8, 4) is 39.8 Å². The number of rotatable bonds is 13. The Hall–Kier alpha value is -3.58.